The van der Waals surface area contributed by atoms with E-state index in [2.05, 4.69) is 4.98 Å². The van der Waals surface area contributed by atoms with Gasteiger partial charge >= 0.3 is 0 Å². The molecule has 16 heavy (non-hydrogen) atoms. The van der Waals surface area contributed by atoms with Crippen LogP contribution in [0.4, 0.5) is 0 Å². The minimum Gasteiger partial charge on any atom is -0.481 e. The van der Waals surface area contributed by atoms with Crippen LogP contribution in [0.25, 0.3) is 0 Å². The van der Waals surface area contributed by atoms with E-state index in [1.165, 1.54) is 0 Å². The molecule has 84 valence electrons. The van der Waals surface area contributed by atoms with E-state index in [4.69, 9.17) is 14.9 Å². The summed E-state index contributed by atoms with van der Waals surface area (Å²) >= 11 is 0. The highest BCUT2D eigenvalue weighted by Gasteiger charge is 2.14. The molecule has 4 heteroatoms. The molecule has 0 saturated carbocycles. The molecule has 2 heterocycles. The quantitative estimate of drug-likeness (QED) is 0.851. The predicted octanol–water partition coefficient (Wildman–Crippen LogP) is 1.93. The molecule has 2 rings (SSSR count). The maximum Gasteiger partial charge on any atom is 0.217 e. The maximum absolute atomic E-state index is 6.08. The number of aromatic nitrogens is 1. The van der Waals surface area contributed by atoms with Gasteiger partial charge < -0.3 is 14.9 Å². The van der Waals surface area contributed by atoms with Crippen molar-refractivity contribution in [2.24, 2.45) is 5.73 Å². The van der Waals surface area contributed by atoms with Crippen LogP contribution in [0.5, 0.6) is 5.88 Å². The fourth-order valence-corrected chi connectivity index (χ4v) is 1.61. The average molecular weight is 218 g/mol. The summed E-state index contributed by atoms with van der Waals surface area (Å²) in [5, 5.41) is 0. The highest BCUT2D eigenvalue weighted by atomic mass is 16.5. The Labute approximate surface area is 94.1 Å². The predicted molar refractivity (Wildman–Crippen MR) is 60.1 cm³/mol. The highest BCUT2D eigenvalue weighted by molar-refractivity contribution is 5.29. The van der Waals surface area contributed by atoms with Gasteiger partial charge in [-0.25, -0.2) is 4.98 Å². The summed E-state index contributed by atoms with van der Waals surface area (Å²) in [5.74, 6) is 1.43. The summed E-state index contributed by atoms with van der Waals surface area (Å²) in [6, 6.07) is 7.35. The molecule has 0 radical (unpaired) electrons. The van der Waals surface area contributed by atoms with Crippen LogP contribution in [-0.4, -0.2) is 12.1 Å². The van der Waals surface area contributed by atoms with Gasteiger partial charge in [0.25, 0.3) is 0 Å². The van der Waals surface area contributed by atoms with Gasteiger partial charge in [-0.05, 0) is 18.2 Å². The number of pyridine rings is 1. The van der Waals surface area contributed by atoms with E-state index in [1.54, 1.807) is 19.6 Å². The van der Waals surface area contributed by atoms with Gasteiger partial charge in [-0.2, -0.15) is 0 Å². The minimum atomic E-state index is -0.171. The third-order valence-corrected chi connectivity index (χ3v) is 2.39. The number of nitrogens with zero attached hydrogens (tertiary/aromatic N) is 1. The molecule has 0 amide bonds. The lowest BCUT2D eigenvalue weighted by molar-refractivity contribution is 0.386. The van der Waals surface area contributed by atoms with E-state index in [1.807, 2.05) is 24.3 Å². The minimum absolute atomic E-state index is 0.171. The lowest BCUT2D eigenvalue weighted by Crippen LogP contribution is -2.14. The van der Waals surface area contributed by atoms with Gasteiger partial charge in [0.1, 0.15) is 5.76 Å². The number of hydrogen-bond acceptors (Lipinski definition) is 4. The monoisotopic (exact) mass is 218 g/mol. The molecule has 0 aliphatic carbocycles. The van der Waals surface area contributed by atoms with Crippen molar-refractivity contribution >= 4 is 0 Å². The van der Waals surface area contributed by atoms with Crippen molar-refractivity contribution in [2.45, 2.75) is 12.5 Å². The van der Waals surface area contributed by atoms with Gasteiger partial charge in [-0.1, -0.05) is 6.07 Å². The van der Waals surface area contributed by atoms with Crippen LogP contribution >= 0.6 is 0 Å². The van der Waals surface area contributed by atoms with Crippen LogP contribution in [0, 0.1) is 0 Å². The van der Waals surface area contributed by atoms with E-state index in [0.717, 1.165) is 11.3 Å². The Kier molecular flexibility index (Phi) is 3.22. The number of hydrogen-bond donors (Lipinski definition) is 1. The van der Waals surface area contributed by atoms with Crippen molar-refractivity contribution in [1.82, 2.24) is 4.98 Å². The largest absolute Gasteiger partial charge is 0.481 e. The molecule has 0 saturated heterocycles. The number of furan rings is 1. The molecule has 0 aromatic carbocycles. The molecule has 0 spiro atoms. The summed E-state index contributed by atoms with van der Waals surface area (Å²) < 4.78 is 10.4. The molecular formula is C12H14N2O2. The first kappa shape index (κ1) is 10.7. The molecule has 0 bridgehead atoms. The number of nitrogens with two attached hydrogens (primary N) is 1. The summed E-state index contributed by atoms with van der Waals surface area (Å²) in [7, 11) is 1.59. The molecule has 2 N–H and O–H groups in total. The second kappa shape index (κ2) is 4.81. The van der Waals surface area contributed by atoms with Crippen molar-refractivity contribution in [2.75, 3.05) is 7.11 Å². The third kappa shape index (κ3) is 2.23. The molecule has 0 aliphatic rings. The van der Waals surface area contributed by atoms with Crippen LogP contribution in [0.2, 0.25) is 0 Å². The lowest BCUT2D eigenvalue weighted by Gasteiger charge is -2.13. The van der Waals surface area contributed by atoms with E-state index in [0.29, 0.717) is 12.3 Å². The first-order valence-electron chi connectivity index (χ1n) is 5.08. The fraction of sp³-hybridized carbons (Fsp3) is 0.250. The van der Waals surface area contributed by atoms with Crippen LogP contribution in [-0.2, 0) is 6.42 Å². The Balaban J connectivity index is 2.17. The normalized spacial score (nSPS) is 12.4. The van der Waals surface area contributed by atoms with Crippen molar-refractivity contribution < 1.29 is 9.15 Å². The molecule has 0 aliphatic heterocycles. The molecule has 2 aromatic heterocycles. The molecular weight excluding hydrogens is 204 g/mol. The second-order valence-corrected chi connectivity index (χ2v) is 3.49. The summed E-state index contributed by atoms with van der Waals surface area (Å²) in [6.07, 6.45) is 3.96. The van der Waals surface area contributed by atoms with Gasteiger partial charge in [0, 0.05) is 24.2 Å². The first-order valence-corrected chi connectivity index (χ1v) is 5.08. The van der Waals surface area contributed by atoms with Gasteiger partial charge in [0.15, 0.2) is 0 Å². The van der Waals surface area contributed by atoms with Crippen molar-refractivity contribution in [3.63, 3.8) is 0 Å². The number of ether oxygens (including phenoxy) is 1. The standard InChI is InChI=1S/C12H14N2O2/c1-15-12-10(5-2-6-14-12)11(13)8-9-4-3-7-16-9/h2-7,11H,8,13H2,1H3. The first-order chi connectivity index (χ1) is 7.81. The second-order valence-electron chi connectivity index (χ2n) is 3.49. The van der Waals surface area contributed by atoms with E-state index >= 15 is 0 Å². The van der Waals surface area contributed by atoms with E-state index < -0.39 is 0 Å². The third-order valence-electron chi connectivity index (χ3n) is 2.39. The topological polar surface area (TPSA) is 61.3 Å². The van der Waals surface area contributed by atoms with Crippen LogP contribution in [0.1, 0.15) is 17.4 Å². The zero-order chi connectivity index (χ0) is 11.4. The van der Waals surface area contributed by atoms with Crippen LogP contribution in [0.3, 0.4) is 0 Å². The smallest absolute Gasteiger partial charge is 0.217 e. The van der Waals surface area contributed by atoms with Gasteiger partial charge in [-0.15, -0.1) is 0 Å². The summed E-state index contributed by atoms with van der Waals surface area (Å²) in [6.45, 7) is 0. The summed E-state index contributed by atoms with van der Waals surface area (Å²) in [4.78, 5) is 4.11. The lowest BCUT2D eigenvalue weighted by atomic mass is 10.1. The SMILES string of the molecule is COc1ncccc1C(N)Cc1ccco1. The molecule has 2 aromatic rings. The number of methoxy groups -OCH3 is 1. The zero-order valence-corrected chi connectivity index (χ0v) is 9.09. The fourth-order valence-electron chi connectivity index (χ4n) is 1.61. The number of rotatable bonds is 4. The van der Waals surface area contributed by atoms with E-state index in [9.17, 15) is 0 Å². The Hall–Kier alpha value is -1.81. The summed E-state index contributed by atoms with van der Waals surface area (Å²) in [5.41, 5.74) is 6.97. The Morgan fingerprint density at radius 3 is 3.00 bits per heavy atom. The van der Waals surface area contributed by atoms with Crippen LogP contribution < -0.4 is 10.5 Å². The highest BCUT2D eigenvalue weighted by Crippen LogP contribution is 2.23. The van der Waals surface area contributed by atoms with Crippen molar-refractivity contribution in [3.8, 4) is 5.88 Å². The Bertz CT molecular complexity index is 440. The van der Waals surface area contributed by atoms with E-state index in [-0.39, 0.29) is 6.04 Å². The average Bonchev–Trinajstić information content (AvgIpc) is 2.81. The van der Waals surface area contributed by atoms with Gasteiger partial charge in [0.05, 0.1) is 13.4 Å². The van der Waals surface area contributed by atoms with Crippen molar-refractivity contribution in [1.29, 1.82) is 0 Å². The molecule has 4 nitrogen and oxygen atoms in total. The molecule has 0 fully saturated rings. The zero-order valence-electron chi connectivity index (χ0n) is 9.09. The van der Waals surface area contributed by atoms with Crippen molar-refractivity contribution in [3.05, 3.63) is 48.0 Å². The van der Waals surface area contributed by atoms with Gasteiger partial charge in [-0.3, -0.25) is 0 Å². The maximum atomic E-state index is 6.08. The van der Waals surface area contributed by atoms with Gasteiger partial charge in [0.2, 0.25) is 5.88 Å². The van der Waals surface area contributed by atoms with Crippen LogP contribution in [0.15, 0.2) is 41.1 Å². The Morgan fingerprint density at radius 2 is 2.31 bits per heavy atom. The molecule has 1 atom stereocenters. The molecule has 1 unspecified atom stereocenters. The Morgan fingerprint density at radius 1 is 1.44 bits per heavy atom.